The molecule has 144 valence electrons. The van der Waals surface area contributed by atoms with E-state index in [0.29, 0.717) is 11.7 Å². The third-order valence-corrected chi connectivity index (χ3v) is 6.08. The number of halogens is 1. The highest BCUT2D eigenvalue weighted by molar-refractivity contribution is 7.22. The lowest BCUT2D eigenvalue weighted by atomic mass is 10.1. The number of carbonyl (C=O) groups is 2. The molecule has 1 fully saturated rings. The van der Waals surface area contributed by atoms with Crippen LogP contribution in [-0.2, 0) is 9.59 Å². The highest BCUT2D eigenvalue weighted by Crippen LogP contribution is 2.33. The summed E-state index contributed by atoms with van der Waals surface area (Å²) >= 11 is 1.47. The van der Waals surface area contributed by atoms with Crippen molar-refractivity contribution in [1.29, 1.82) is 0 Å². The van der Waals surface area contributed by atoms with Crippen molar-refractivity contribution in [2.75, 3.05) is 22.9 Å². The van der Waals surface area contributed by atoms with E-state index >= 15 is 0 Å². The van der Waals surface area contributed by atoms with E-state index in [1.165, 1.54) is 22.3 Å². The molecule has 0 bridgehead atoms. The van der Waals surface area contributed by atoms with Crippen LogP contribution >= 0.6 is 11.3 Å². The number of hydrogen-bond donors (Lipinski definition) is 0. The molecule has 1 saturated heterocycles. The zero-order valence-corrected chi connectivity index (χ0v) is 16.5. The number of anilines is 2. The molecule has 1 aliphatic rings. The maximum Gasteiger partial charge on any atom is 0.234 e. The highest BCUT2D eigenvalue weighted by atomic mass is 32.1. The number of amides is 2. The monoisotopic (exact) mass is 397 g/mol. The maximum absolute atomic E-state index is 14.1. The number of hydrogen-bond acceptors (Lipinski definition) is 4. The fraction of sp³-hybridized carbons (Fsp3) is 0.286. The summed E-state index contributed by atoms with van der Waals surface area (Å²) in [6.45, 7) is 4.52. The summed E-state index contributed by atoms with van der Waals surface area (Å²) in [6.07, 6.45) is 0.0770. The molecule has 2 amide bonds. The number of para-hydroxylation sites is 2. The van der Waals surface area contributed by atoms with E-state index in [0.717, 1.165) is 15.8 Å². The lowest BCUT2D eigenvalue weighted by Crippen LogP contribution is -2.37. The molecule has 1 aliphatic heterocycles. The van der Waals surface area contributed by atoms with Crippen molar-refractivity contribution in [3.05, 3.63) is 53.8 Å². The molecule has 0 saturated carbocycles. The third-order valence-electron chi connectivity index (χ3n) is 5.04. The lowest BCUT2D eigenvalue weighted by molar-refractivity contribution is -0.124. The summed E-state index contributed by atoms with van der Waals surface area (Å²) in [7, 11) is 0. The van der Waals surface area contributed by atoms with Gasteiger partial charge in [-0.2, -0.15) is 0 Å². The Hall–Kier alpha value is -2.80. The lowest BCUT2D eigenvalue weighted by Gasteiger charge is -2.22. The average molecular weight is 397 g/mol. The van der Waals surface area contributed by atoms with Crippen LogP contribution in [0.5, 0.6) is 0 Å². The second kappa shape index (κ2) is 7.31. The first-order valence-corrected chi connectivity index (χ1v) is 10.0. The van der Waals surface area contributed by atoms with Crippen molar-refractivity contribution >= 4 is 44.2 Å². The molecule has 5 nitrogen and oxygen atoms in total. The molecule has 0 unspecified atom stereocenters. The summed E-state index contributed by atoms with van der Waals surface area (Å²) in [4.78, 5) is 33.3. The summed E-state index contributed by atoms with van der Waals surface area (Å²) in [5.74, 6) is -1.36. The van der Waals surface area contributed by atoms with Gasteiger partial charge < -0.3 is 4.90 Å². The van der Waals surface area contributed by atoms with E-state index in [9.17, 15) is 14.0 Å². The van der Waals surface area contributed by atoms with E-state index < -0.39 is 11.7 Å². The Morgan fingerprint density at radius 1 is 1.29 bits per heavy atom. The van der Waals surface area contributed by atoms with Crippen molar-refractivity contribution in [2.24, 2.45) is 5.92 Å². The molecule has 4 rings (SSSR count). The van der Waals surface area contributed by atoms with Crippen LogP contribution in [0, 0.1) is 18.7 Å². The van der Waals surface area contributed by atoms with E-state index in [2.05, 4.69) is 4.98 Å². The van der Waals surface area contributed by atoms with Gasteiger partial charge in [-0.3, -0.25) is 14.5 Å². The van der Waals surface area contributed by atoms with Gasteiger partial charge in [-0.25, -0.2) is 9.37 Å². The molecule has 1 atom stereocenters. The molecular formula is C21H20FN3O2S. The average Bonchev–Trinajstić information content (AvgIpc) is 3.27. The van der Waals surface area contributed by atoms with Crippen molar-refractivity contribution in [3.8, 4) is 0 Å². The van der Waals surface area contributed by atoms with Gasteiger partial charge in [0, 0.05) is 19.5 Å². The van der Waals surface area contributed by atoms with E-state index in [4.69, 9.17) is 0 Å². The molecule has 3 aromatic rings. The number of thiazole rings is 1. The molecule has 28 heavy (non-hydrogen) atoms. The zero-order valence-electron chi connectivity index (χ0n) is 15.7. The summed E-state index contributed by atoms with van der Waals surface area (Å²) in [5, 5.41) is 0.633. The fourth-order valence-corrected chi connectivity index (χ4v) is 4.68. The third kappa shape index (κ3) is 3.16. The molecular weight excluding hydrogens is 377 g/mol. The van der Waals surface area contributed by atoms with Crippen molar-refractivity contribution < 1.29 is 14.0 Å². The van der Waals surface area contributed by atoms with E-state index in [-0.39, 0.29) is 30.5 Å². The summed E-state index contributed by atoms with van der Waals surface area (Å²) in [6, 6.07) is 12.1. The van der Waals surface area contributed by atoms with Gasteiger partial charge in [0.15, 0.2) is 5.13 Å². The molecule has 0 spiro atoms. The second-order valence-corrected chi connectivity index (χ2v) is 7.87. The minimum atomic E-state index is -0.514. The molecule has 2 heterocycles. The van der Waals surface area contributed by atoms with Gasteiger partial charge in [-0.15, -0.1) is 0 Å². The van der Waals surface area contributed by atoms with Crippen LogP contribution in [0.25, 0.3) is 10.2 Å². The normalized spacial score (nSPS) is 16.8. The van der Waals surface area contributed by atoms with Crippen molar-refractivity contribution in [2.45, 2.75) is 20.3 Å². The van der Waals surface area contributed by atoms with Crippen molar-refractivity contribution in [3.63, 3.8) is 0 Å². The number of benzene rings is 2. The first-order valence-electron chi connectivity index (χ1n) is 9.22. The number of nitrogens with zero attached hydrogens (tertiary/aromatic N) is 3. The summed E-state index contributed by atoms with van der Waals surface area (Å²) < 4.78 is 15.1. The standard InChI is InChI=1S/C21H20FN3O2S/c1-3-24(21-23-19-13(2)7-6-10-17(19)28-21)20(27)14-11-18(26)25(12-14)16-9-5-4-8-15(16)22/h4-10,14H,3,11-12H2,1-2H3/t14-/m1/s1. The number of aromatic nitrogens is 1. The van der Waals surface area contributed by atoms with Gasteiger partial charge in [-0.05, 0) is 37.6 Å². The Labute approximate surface area is 166 Å². The van der Waals surface area contributed by atoms with Gasteiger partial charge in [-0.1, -0.05) is 35.6 Å². The van der Waals surface area contributed by atoms with Gasteiger partial charge in [0.2, 0.25) is 11.8 Å². The first kappa shape index (κ1) is 18.6. The van der Waals surface area contributed by atoms with Gasteiger partial charge in [0.05, 0.1) is 21.8 Å². The minimum Gasteiger partial charge on any atom is -0.309 e. The van der Waals surface area contributed by atoms with Gasteiger partial charge >= 0.3 is 0 Å². The zero-order chi connectivity index (χ0) is 19.8. The Kier molecular flexibility index (Phi) is 4.85. The van der Waals surface area contributed by atoms with E-state index in [1.54, 1.807) is 23.1 Å². The van der Waals surface area contributed by atoms with E-state index in [1.807, 2.05) is 32.0 Å². The quantitative estimate of drug-likeness (QED) is 0.665. The smallest absolute Gasteiger partial charge is 0.234 e. The fourth-order valence-electron chi connectivity index (χ4n) is 3.57. The largest absolute Gasteiger partial charge is 0.309 e. The van der Waals surface area contributed by atoms with Gasteiger partial charge in [0.1, 0.15) is 5.82 Å². The Morgan fingerprint density at radius 3 is 2.79 bits per heavy atom. The predicted octanol–water partition coefficient (Wildman–Crippen LogP) is 4.15. The van der Waals surface area contributed by atoms with Crippen LogP contribution < -0.4 is 9.80 Å². The maximum atomic E-state index is 14.1. The Bertz CT molecular complexity index is 1060. The minimum absolute atomic E-state index is 0.0770. The molecule has 0 N–H and O–H groups in total. The molecule has 0 radical (unpaired) electrons. The second-order valence-electron chi connectivity index (χ2n) is 6.86. The highest BCUT2D eigenvalue weighted by Gasteiger charge is 2.38. The van der Waals surface area contributed by atoms with Crippen LogP contribution in [0.2, 0.25) is 0 Å². The Morgan fingerprint density at radius 2 is 2.07 bits per heavy atom. The Balaban J connectivity index is 1.60. The van der Waals surface area contributed by atoms with Gasteiger partial charge in [0.25, 0.3) is 0 Å². The molecule has 2 aromatic carbocycles. The van der Waals surface area contributed by atoms with Crippen LogP contribution in [0.3, 0.4) is 0 Å². The van der Waals surface area contributed by atoms with Crippen LogP contribution in [0.4, 0.5) is 15.2 Å². The first-order chi connectivity index (χ1) is 13.5. The number of rotatable bonds is 4. The summed E-state index contributed by atoms with van der Waals surface area (Å²) in [5.41, 5.74) is 2.18. The SMILES string of the molecule is CCN(C(=O)[C@@H]1CC(=O)N(c2ccccc2F)C1)c1nc2c(C)cccc2s1. The predicted molar refractivity (Wildman–Crippen MR) is 109 cm³/mol. The molecule has 7 heteroatoms. The van der Waals surface area contributed by atoms with Crippen LogP contribution in [-0.4, -0.2) is 29.9 Å². The van der Waals surface area contributed by atoms with Crippen molar-refractivity contribution in [1.82, 2.24) is 4.98 Å². The number of carbonyl (C=O) groups excluding carboxylic acids is 2. The number of fused-ring (bicyclic) bond motifs is 1. The van der Waals surface area contributed by atoms with Crippen LogP contribution in [0.1, 0.15) is 18.9 Å². The molecule has 0 aliphatic carbocycles. The topological polar surface area (TPSA) is 53.5 Å². The van der Waals surface area contributed by atoms with Crippen LogP contribution in [0.15, 0.2) is 42.5 Å². The number of aryl methyl sites for hydroxylation is 1. The molecule has 1 aromatic heterocycles.